The monoisotopic (exact) mass is 254 g/mol. The van der Waals surface area contributed by atoms with Crippen molar-refractivity contribution in [2.45, 2.75) is 19.9 Å². The summed E-state index contributed by atoms with van der Waals surface area (Å²) >= 11 is 5.98. The van der Waals surface area contributed by atoms with Gasteiger partial charge in [-0.05, 0) is 26.0 Å². The van der Waals surface area contributed by atoms with Gasteiger partial charge in [0.05, 0.1) is 6.20 Å². The number of rotatable bonds is 3. The molecule has 0 saturated carbocycles. The van der Waals surface area contributed by atoms with Gasteiger partial charge in [0, 0.05) is 12.1 Å². The van der Waals surface area contributed by atoms with Crippen LogP contribution in [0.15, 0.2) is 30.5 Å². The average Bonchev–Trinajstić information content (AvgIpc) is 2.59. The second kappa shape index (κ2) is 4.75. The Morgan fingerprint density at radius 3 is 2.82 bits per heavy atom. The fourth-order valence-electron chi connectivity index (χ4n) is 1.50. The maximum absolute atomic E-state index is 13.0. The molecule has 0 amide bonds. The van der Waals surface area contributed by atoms with Gasteiger partial charge in [0.1, 0.15) is 16.7 Å². The molecule has 5 heteroatoms. The average molecular weight is 255 g/mol. The lowest BCUT2D eigenvalue weighted by Crippen LogP contribution is -2.03. The van der Waals surface area contributed by atoms with E-state index in [-0.39, 0.29) is 11.9 Å². The van der Waals surface area contributed by atoms with Crippen molar-refractivity contribution >= 4 is 11.6 Å². The topological polar surface area (TPSA) is 27.1 Å². The smallest absolute Gasteiger partial charge is 0.303 e. The number of ether oxygens (including phenoxy) is 1. The number of benzene rings is 1. The summed E-state index contributed by atoms with van der Waals surface area (Å²) in [5, 5.41) is 0.492. The van der Waals surface area contributed by atoms with Gasteiger partial charge in [0.15, 0.2) is 0 Å². The Labute approximate surface area is 104 Å². The zero-order chi connectivity index (χ0) is 12.4. The van der Waals surface area contributed by atoms with Crippen molar-refractivity contribution < 1.29 is 9.13 Å². The Hall–Kier alpha value is -1.55. The van der Waals surface area contributed by atoms with Gasteiger partial charge in [-0.2, -0.15) is 0 Å². The van der Waals surface area contributed by atoms with Crippen LogP contribution in [0.4, 0.5) is 4.39 Å². The van der Waals surface area contributed by atoms with E-state index >= 15 is 0 Å². The quantitative estimate of drug-likeness (QED) is 0.826. The second-order valence-corrected chi connectivity index (χ2v) is 4.27. The molecule has 17 heavy (non-hydrogen) atoms. The third-order valence-corrected chi connectivity index (χ3v) is 2.52. The normalized spacial score (nSPS) is 10.9. The fraction of sp³-hybridized carbons (Fsp3) is 0.250. The Kier molecular flexibility index (Phi) is 3.33. The predicted molar refractivity (Wildman–Crippen MR) is 64.1 cm³/mol. The third-order valence-electron chi connectivity index (χ3n) is 2.24. The lowest BCUT2D eigenvalue weighted by Gasteiger charge is -2.12. The molecule has 0 fully saturated rings. The Bertz CT molecular complexity index is 525. The summed E-state index contributed by atoms with van der Waals surface area (Å²) in [6.07, 6.45) is 1.51. The van der Waals surface area contributed by atoms with Crippen LogP contribution in [0.3, 0.4) is 0 Å². The number of nitrogens with zero attached hydrogens (tertiary/aromatic N) is 2. The van der Waals surface area contributed by atoms with Gasteiger partial charge in [0.25, 0.3) is 0 Å². The van der Waals surface area contributed by atoms with Crippen molar-refractivity contribution in [3.63, 3.8) is 0 Å². The number of imidazole rings is 1. The molecule has 0 aliphatic heterocycles. The largest absolute Gasteiger partial charge is 0.425 e. The van der Waals surface area contributed by atoms with Crippen molar-refractivity contribution in [1.82, 2.24) is 9.55 Å². The molecule has 2 aromatic rings. The zero-order valence-corrected chi connectivity index (χ0v) is 10.3. The van der Waals surface area contributed by atoms with Crippen molar-refractivity contribution in [1.29, 1.82) is 0 Å². The second-order valence-electron chi connectivity index (χ2n) is 3.89. The van der Waals surface area contributed by atoms with Crippen LogP contribution in [-0.4, -0.2) is 9.55 Å². The summed E-state index contributed by atoms with van der Waals surface area (Å²) in [5.74, 6) is 0.0467. The van der Waals surface area contributed by atoms with Gasteiger partial charge in [-0.25, -0.2) is 9.37 Å². The number of hydrogen-bond acceptors (Lipinski definition) is 2. The van der Waals surface area contributed by atoms with Gasteiger partial charge >= 0.3 is 6.01 Å². The highest BCUT2D eigenvalue weighted by Gasteiger charge is 2.13. The van der Waals surface area contributed by atoms with E-state index in [2.05, 4.69) is 4.98 Å². The molecule has 0 aliphatic rings. The molecule has 2 rings (SSSR count). The maximum Gasteiger partial charge on any atom is 0.303 e. The summed E-state index contributed by atoms with van der Waals surface area (Å²) in [6.45, 7) is 3.93. The van der Waals surface area contributed by atoms with Gasteiger partial charge in [0.2, 0.25) is 0 Å². The maximum atomic E-state index is 13.0. The van der Waals surface area contributed by atoms with E-state index in [1.165, 1.54) is 18.3 Å². The van der Waals surface area contributed by atoms with Gasteiger partial charge < -0.3 is 4.74 Å². The molecule has 0 bridgehead atoms. The molecule has 1 aromatic heterocycles. The van der Waals surface area contributed by atoms with Crippen LogP contribution in [0.2, 0.25) is 5.15 Å². The lowest BCUT2D eigenvalue weighted by molar-refractivity contribution is 0.394. The van der Waals surface area contributed by atoms with Gasteiger partial charge in [-0.1, -0.05) is 17.7 Å². The molecular formula is C12H12ClFN2O. The minimum absolute atomic E-state index is 0.119. The molecule has 0 unspecified atom stereocenters. The molecule has 1 heterocycles. The first-order valence-electron chi connectivity index (χ1n) is 5.24. The lowest BCUT2D eigenvalue weighted by atomic mass is 10.3. The van der Waals surface area contributed by atoms with Crippen LogP contribution in [-0.2, 0) is 0 Å². The highest BCUT2D eigenvalue weighted by atomic mass is 35.5. The zero-order valence-electron chi connectivity index (χ0n) is 9.52. The molecule has 0 spiro atoms. The van der Waals surface area contributed by atoms with Crippen LogP contribution < -0.4 is 4.74 Å². The highest BCUT2D eigenvalue weighted by molar-refractivity contribution is 6.29. The molecule has 0 N–H and O–H groups in total. The van der Waals surface area contributed by atoms with E-state index in [9.17, 15) is 4.39 Å². The predicted octanol–water partition coefficient (Wildman–Crippen LogP) is 4.05. The van der Waals surface area contributed by atoms with Gasteiger partial charge in [-0.15, -0.1) is 0 Å². The molecule has 1 aromatic carbocycles. The summed E-state index contributed by atoms with van der Waals surface area (Å²) in [5.41, 5.74) is 0. The molecule has 0 atom stereocenters. The van der Waals surface area contributed by atoms with E-state index in [0.29, 0.717) is 16.9 Å². The van der Waals surface area contributed by atoms with E-state index in [0.717, 1.165) is 0 Å². The summed E-state index contributed by atoms with van der Waals surface area (Å²) < 4.78 is 20.2. The van der Waals surface area contributed by atoms with Crippen molar-refractivity contribution in [2.24, 2.45) is 0 Å². The van der Waals surface area contributed by atoms with E-state index in [4.69, 9.17) is 16.3 Å². The van der Waals surface area contributed by atoms with Crippen LogP contribution in [0.5, 0.6) is 11.8 Å². The Balaban J connectivity index is 2.30. The summed E-state index contributed by atoms with van der Waals surface area (Å²) in [4.78, 5) is 4.05. The van der Waals surface area contributed by atoms with E-state index in [1.54, 1.807) is 16.7 Å². The molecular weight excluding hydrogens is 243 g/mol. The van der Waals surface area contributed by atoms with Crippen molar-refractivity contribution in [3.8, 4) is 11.8 Å². The van der Waals surface area contributed by atoms with Crippen molar-refractivity contribution in [2.75, 3.05) is 0 Å². The van der Waals surface area contributed by atoms with Crippen LogP contribution >= 0.6 is 11.6 Å². The van der Waals surface area contributed by atoms with Crippen molar-refractivity contribution in [3.05, 3.63) is 41.4 Å². The van der Waals surface area contributed by atoms with Gasteiger partial charge in [-0.3, -0.25) is 4.57 Å². The molecule has 90 valence electrons. The minimum Gasteiger partial charge on any atom is -0.425 e. The number of halogens is 2. The Morgan fingerprint density at radius 2 is 2.18 bits per heavy atom. The molecule has 0 saturated heterocycles. The SMILES string of the molecule is CC(C)n1c(Cl)cnc1Oc1cccc(F)c1. The number of aromatic nitrogens is 2. The first-order valence-corrected chi connectivity index (χ1v) is 5.62. The van der Waals surface area contributed by atoms with Crippen LogP contribution in [0.1, 0.15) is 19.9 Å². The first kappa shape index (κ1) is 11.9. The molecule has 3 nitrogen and oxygen atoms in total. The number of hydrogen-bond donors (Lipinski definition) is 0. The minimum atomic E-state index is -0.351. The van der Waals surface area contributed by atoms with Crippen LogP contribution in [0.25, 0.3) is 0 Å². The summed E-state index contributed by atoms with van der Waals surface area (Å²) in [6, 6.07) is 6.37. The third kappa shape index (κ3) is 2.58. The molecule has 0 aliphatic carbocycles. The molecule has 0 radical (unpaired) electrons. The fourth-order valence-corrected chi connectivity index (χ4v) is 1.82. The standard InChI is InChI=1S/C12H12ClFN2O/c1-8(2)16-11(13)7-15-12(16)17-10-5-3-4-9(14)6-10/h3-8H,1-2H3. The first-order chi connectivity index (χ1) is 8.08. The highest BCUT2D eigenvalue weighted by Crippen LogP contribution is 2.27. The summed E-state index contributed by atoms with van der Waals surface area (Å²) in [7, 11) is 0. The van der Waals surface area contributed by atoms with Crippen LogP contribution in [0, 0.1) is 5.82 Å². The Morgan fingerprint density at radius 1 is 1.41 bits per heavy atom. The van der Waals surface area contributed by atoms with E-state index in [1.807, 2.05) is 13.8 Å². The van der Waals surface area contributed by atoms with E-state index < -0.39 is 0 Å².